The quantitative estimate of drug-likeness (QED) is 0.579. The van der Waals surface area contributed by atoms with Gasteiger partial charge in [0.2, 0.25) is 5.91 Å². The number of aromatic nitrogens is 2. The van der Waals surface area contributed by atoms with Gasteiger partial charge in [-0.05, 0) is 42.4 Å². The summed E-state index contributed by atoms with van der Waals surface area (Å²) in [5, 5.41) is 0.178. The van der Waals surface area contributed by atoms with E-state index in [-0.39, 0.29) is 16.6 Å². The molecular formula is C11H13ClIN3O2. The van der Waals surface area contributed by atoms with Gasteiger partial charge in [-0.3, -0.25) is 14.2 Å². The molecule has 2 heterocycles. The van der Waals surface area contributed by atoms with Gasteiger partial charge in [0.05, 0.1) is 6.33 Å². The molecule has 0 aromatic carbocycles. The number of nitrogens with zero attached hydrogens (tertiary/aromatic N) is 3. The maximum Gasteiger partial charge on any atom is 0.269 e. The Labute approximate surface area is 123 Å². The van der Waals surface area contributed by atoms with E-state index in [0.29, 0.717) is 3.57 Å². The first-order chi connectivity index (χ1) is 8.52. The first kappa shape index (κ1) is 13.8. The summed E-state index contributed by atoms with van der Waals surface area (Å²) in [5.41, 5.74) is -0.268. The molecular weight excluding hydrogens is 368 g/mol. The SMILES string of the molecule is CC(C(=O)N1CCCC1)n1cnc(Cl)c(I)c1=O. The van der Waals surface area contributed by atoms with Gasteiger partial charge in [0, 0.05) is 13.1 Å². The molecule has 7 heteroatoms. The Morgan fingerprint density at radius 3 is 2.72 bits per heavy atom. The molecule has 1 aliphatic rings. The highest BCUT2D eigenvalue weighted by molar-refractivity contribution is 14.1. The van der Waals surface area contributed by atoms with Crippen LogP contribution in [0, 0.1) is 3.57 Å². The van der Waals surface area contributed by atoms with E-state index < -0.39 is 6.04 Å². The summed E-state index contributed by atoms with van der Waals surface area (Å²) in [5.74, 6) is -0.0328. The molecule has 2 rings (SSSR count). The molecule has 98 valence electrons. The van der Waals surface area contributed by atoms with E-state index in [2.05, 4.69) is 4.98 Å². The smallest absolute Gasteiger partial charge is 0.269 e. The number of hydrogen-bond acceptors (Lipinski definition) is 3. The summed E-state index contributed by atoms with van der Waals surface area (Å²) in [6, 6.07) is -0.533. The van der Waals surface area contributed by atoms with Crippen molar-refractivity contribution in [1.29, 1.82) is 0 Å². The maximum atomic E-state index is 12.2. The lowest BCUT2D eigenvalue weighted by atomic mass is 10.3. The Morgan fingerprint density at radius 1 is 1.50 bits per heavy atom. The summed E-state index contributed by atoms with van der Waals surface area (Å²) in [7, 11) is 0. The molecule has 1 amide bonds. The zero-order valence-electron chi connectivity index (χ0n) is 9.90. The predicted molar refractivity (Wildman–Crippen MR) is 76.7 cm³/mol. The summed E-state index contributed by atoms with van der Waals surface area (Å²) in [4.78, 5) is 29.9. The molecule has 0 bridgehead atoms. The third-order valence-electron chi connectivity index (χ3n) is 3.09. The van der Waals surface area contributed by atoms with E-state index in [1.54, 1.807) is 11.8 Å². The highest BCUT2D eigenvalue weighted by Crippen LogP contribution is 2.16. The zero-order chi connectivity index (χ0) is 13.3. The lowest BCUT2D eigenvalue weighted by Gasteiger charge is -2.21. The van der Waals surface area contributed by atoms with Crippen molar-refractivity contribution in [2.24, 2.45) is 0 Å². The lowest BCUT2D eigenvalue weighted by Crippen LogP contribution is -2.38. The minimum absolute atomic E-state index is 0.0328. The minimum atomic E-state index is -0.533. The summed E-state index contributed by atoms with van der Waals surface area (Å²) in [6.07, 6.45) is 3.40. The van der Waals surface area contributed by atoms with Crippen LogP contribution in [0.5, 0.6) is 0 Å². The van der Waals surface area contributed by atoms with E-state index in [0.717, 1.165) is 25.9 Å². The van der Waals surface area contributed by atoms with Crippen LogP contribution in [0.1, 0.15) is 25.8 Å². The predicted octanol–water partition coefficient (Wildman–Crippen LogP) is 1.68. The number of likely N-dealkylation sites (tertiary alicyclic amines) is 1. The van der Waals surface area contributed by atoms with Crippen molar-refractivity contribution < 1.29 is 4.79 Å². The normalized spacial score (nSPS) is 16.9. The van der Waals surface area contributed by atoms with Crippen molar-refractivity contribution in [3.8, 4) is 0 Å². The number of rotatable bonds is 2. The summed E-state index contributed by atoms with van der Waals surface area (Å²) < 4.78 is 1.69. The van der Waals surface area contributed by atoms with Crippen LogP contribution >= 0.6 is 34.2 Å². The standard InChI is InChI=1S/C11H13ClIN3O2/c1-7(10(17)15-4-2-3-5-15)16-6-14-9(12)8(13)11(16)18/h6-7H,2-5H2,1H3. The van der Waals surface area contributed by atoms with Gasteiger partial charge in [-0.25, -0.2) is 4.98 Å². The van der Waals surface area contributed by atoms with E-state index in [1.807, 2.05) is 22.6 Å². The van der Waals surface area contributed by atoms with Gasteiger partial charge in [-0.15, -0.1) is 0 Å². The van der Waals surface area contributed by atoms with Gasteiger partial charge in [-0.1, -0.05) is 11.6 Å². The molecule has 0 N–H and O–H groups in total. The van der Waals surface area contributed by atoms with Crippen LogP contribution in [-0.4, -0.2) is 33.4 Å². The number of halogens is 2. The average molecular weight is 382 g/mol. The first-order valence-electron chi connectivity index (χ1n) is 5.73. The molecule has 0 radical (unpaired) electrons. The topological polar surface area (TPSA) is 55.2 Å². The van der Waals surface area contributed by atoms with Gasteiger partial charge < -0.3 is 4.90 Å². The van der Waals surface area contributed by atoms with Crippen LogP contribution in [0.2, 0.25) is 5.15 Å². The molecule has 1 fully saturated rings. The van der Waals surface area contributed by atoms with Crippen LogP contribution in [0.4, 0.5) is 0 Å². The van der Waals surface area contributed by atoms with Crippen molar-refractivity contribution in [3.05, 3.63) is 25.4 Å². The highest BCUT2D eigenvalue weighted by atomic mass is 127. The average Bonchev–Trinajstić information content (AvgIpc) is 2.88. The minimum Gasteiger partial charge on any atom is -0.341 e. The van der Waals surface area contributed by atoms with Crippen molar-refractivity contribution in [2.45, 2.75) is 25.8 Å². The van der Waals surface area contributed by atoms with Gasteiger partial charge in [-0.2, -0.15) is 0 Å². The number of carbonyl (C=O) groups is 1. The third-order valence-corrected chi connectivity index (χ3v) is 4.67. The molecule has 18 heavy (non-hydrogen) atoms. The van der Waals surface area contributed by atoms with Crippen molar-refractivity contribution in [1.82, 2.24) is 14.5 Å². The Bertz CT molecular complexity index is 526. The van der Waals surface area contributed by atoms with Crippen LogP contribution in [-0.2, 0) is 4.79 Å². The van der Waals surface area contributed by atoms with Crippen LogP contribution in [0.25, 0.3) is 0 Å². The molecule has 1 aromatic heterocycles. The summed E-state index contributed by atoms with van der Waals surface area (Å²) in [6.45, 7) is 3.26. The molecule has 1 atom stereocenters. The lowest BCUT2D eigenvalue weighted by molar-refractivity contribution is -0.133. The Morgan fingerprint density at radius 2 is 2.11 bits per heavy atom. The fraction of sp³-hybridized carbons (Fsp3) is 0.545. The fourth-order valence-corrected chi connectivity index (χ4v) is 2.56. The Hall–Kier alpha value is -0.630. The van der Waals surface area contributed by atoms with Gasteiger partial charge in [0.15, 0.2) is 0 Å². The van der Waals surface area contributed by atoms with Crippen molar-refractivity contribution >= 4 is 40.1 Å². The number of amides is 1. The maximum absolute atomic E-state index is 12.2. The highest BCUT2D eigenvalue weighted by Gasteiger charge is 2.25. The molecule has 5 nitrogen and oxygen atoms in total. The van der Waals surface area contributed by atoms with Crippen LogP contribution < -0.4 is 5.56 Å². The fourth-order valence-electron chi connectivity index (χ4n) is 2.02. The Kier molecular flexibility index (Phi) is 4.26. The second kappa shape index (κ2) is 5.56. The van der Waals surface area contributed by atoms with E-state index in [9.17, 15) is 9.59 Å². The molecule has 1 aliphatic heterocycles. The van der Waals surface area contributed by atoms with E-state index in [4.69, 9.17) is 11.6 Å². The summed E-state index contributed by atoms with van der Waals surface area (Å²) >= 11 is 7.62. The van der Waals surface area contributed by atoms with Gasteiger partial charge in [0.25, 0.3) is 5.56 Å². The third kappa shape index (κ3) is 2.54. The Balaban J connectivity index is 2.28. The van der Waals surface area contributed by atoms with Gasteiger partial charge >= 0.3 is 0 Å². The van der Waals surface area contributed by atoms with Gasteiger partial charge in [0.1, 0.15) is 14.8 Å². The van der Waals surface area contributed by atoms with Crippen LogP contribution in [0.15, 0.2) is 11.1 Å². The van der Waals surface area contributed by atoms with E-state index in [1.165, 1.54) is 10.9 Å². The number of hydrogen-bond donors (Lipinski definition) is 0. The molecule has 0 saturated carbocycles. The largest absolute Gasteiger partial charge is 0.341 e. The molecule has 1 saturated heterocycles. The molecule has 0 aliphatic carbocycles. The number of carbonyl (C=O) groups excluding carboxylic acids is 1. The second-order valence-corrected chi connectivity index (χ2v) is 5.71. The second-order valence-electron chi connectivity index (χ2n) is 4.27. The van der Waals surface area contributed by atoms with Crippen LogP contribution in [0.3, 0.4) is 0 Å². The monoisotopic (exact) mass is 381 g/mol. The first-order valence-corrected chi connectivity index (χ1v) is 7.19. The van der Waals surface area contributed by atoms with Crippen molar-refractivity contribution in [2.75, 3.05) is 13.1 Å². The molecule has 1 aromatic rings. The van der Waals surface area contributed by atoms with Crippen molar-refractivity contribution in [3.63, 3.8) is 0 Å². The van der Waals surface area contributed by atoms with E-state index >= 15 is 0 Å². The molecule has 1 unspecified atom stereocenters. The molecule has 0 spiro atoms. The zero-order valence-corrected chi connectivity index (χ0v) is 12.8.